The highest BCUT2D eigenvalue weighted by atomic mass is 19.1. The summed E-state index contributed by atoms with van der Waals surface area (Å²) in [7, 11) is 1.27. The summed E-state index contributed by atoms with van der Waals surface area (Å²) in [6, 6.07) is 12.3. The van der Waals surface area contributed by atoms with E-state index in [4.69, 9.17) is 4.74 Å². The average Bonchev–Trinajstić information content (AvgIpc) is 3.05. The lowest BCUT2D eigenvalue weighted by Gasteiger charge is -2.03. The van der Waals surface area contributed by atoms with E-state index in [2.05, 4.69) is 10.1 Å². The van der Waals surface area contributed by atoms with Crippen LogP contribution in [-0.2, 0) is 22.4 Å². The quantitative estimate of drug-likeness (QED) is 0.462. The Morgan fingerprint density at radius 2 is 1.83 bits per heavy atom. The molecule has 2 N–H and O–H groups in total. The van der Waals surface area contributed by atoms with E-state index in [1.165, 1.54) is 36.1 Å². The number of H-pyrrole nitrogens is 1. The number of carbonyl (C=O) groups excluding carboxylic acids is 1. The van der Waals surface area contributed by atoms with Crippen LogP contribution in [-0.4, -0.2) is 40.2 Å². The number of hydrogen-bond acceptors (Lipinski definition) is 5. The number of carbonyl (C=O) groups is 1. The van der Waals surface area contributed by atoms with E-state index in [-0.39, 0.29) is 23.3 Å². The molecule has 0 bridgehead atoms. The van der Waals surface area contributed by atoms with Crippen LogP contribution in [0.1, 0.15) is 23.7 Å². The fourth-order valence-electron chi connectivity index (χ4n) is 3.07. The molecule has 2 aromatic carbocycles. The molecule has 0 saturated heterocycles. The zero-order valence-corrected chi connectivity index (χ0v) is 16.7. The molecule has 1 aromatic heterocycles. The molecule has 3 aromatic rings. The molecule has 156 valence electrons. The van der Waals surface area contributed by atoms with Crippen molar-refractivity contribution >= 4 is 11.7 Å². The van der Waals surface area contributed by atoms with Gasteiger partial charge in [0.25, 0.3) is 5.56 Å². The number of phenols is 1. The van der Waals surface area contributed by atoms with Crippen molar-refractivity contribution in [2.24, 2.45) is 4.99 Å². The summed E-state index contributed by atoms with van der Waals surface area (Å²) in [6.45, 7) is 2.13. The van der Waals surface area contributed by atoms with Gasteiger partial charge in [0.15, 0.2) is 0 Å². The molecule has 0 aliphatic heterocycles. The number of nitrogens with zero attached hydrogens (tertiary/aromatic N) is 2. The minimum Gasteiger partial charge on any atom is -0.508 e. The Kier molecular flexibility index (Phi) is 6.46. The van der Waals surface area contributed by atoms with Crippen molar-refractivity contribution in [3.8, 4) is 11.4 Å². The first-order valence-electron chi connectivity index (χ1n) is 9.35. The Bertz CT molecular complexity index is 1110. The Hall–Kier alpha value is -3.68. The van der Waals surface area contributed by atoms with Gasteiger partial charge in [0.05, 0.1) is 30.5 Å². The van der Waals surface area contributed by atoms with Gasteiger partial charge >= 0.3 is 5.97 Å². The molecule has 0 saturated carbocycles. The Morgan fingerprint density at radius 3 is 2.47 bits per heavy atom. The lowest BCUT2D eigenvalue weighted by molar-refractivity contribution is -0.139. The predicted octanol–water partition coefficient (Wildman–Crippen LogP) is 2.78. The molecule has 0 aliphatic rings. The van der Waals surface area contributed by atoms with Crippen LogP contribution in [0.3, 0.4) is 0 Å². The minimum absolute atomic E-state index is 0.125. The van der Waals surface area contributed by atoms with E-state index in [0.717, 1.165) is 5.56 Å². The first-order valence-corrected chi connectivity index (χ1v) is 9.35. The van der Waals surface area contributed by atoms with Crippen LogP contribution in [0.2, 0.25) is 0 Å². The fourth-order valence-corrected chi connectivity index (χ4v) is 3.07. The zero-order valence-electron chi connectivity index (χ0n) is 16.7. The summed E-state index contributed by atoms with van der Waals surface area (Å²) in [6.07, 6.45) is 0.501. The molecule has 0 radical (unpaired) electrons. The predicted molar refractivity (Wildman–Crippen MR) is 111 cm³/mol. The van der Waals surface area contributed by atoms with Gasteiger partial charge in [-0.15, -0.1) is 0 Å². The van der Waals surface area contributed by atoms with Crippen molar-refractivity contribution in [3.63, 3.8) is 0 Å². The van der Waals surface area contributed by atoms with Gasteiger partial charge in [-0.05, 0) is 55.3 Å². The summed E-state index contributed by atoms with van der Waals surface area (Å²) in [4.78, 5) is 29.4. The van der Waals surface area contributed by atoms with Gasteiger partial charge in [-0.1, -0.05) is 12.1 Å². The van der Waals surface area contributed by atoms with Crippen molar-refractivity contribution in [3.05, 3.63) is 81.5 Å². The molecule has 0 aliphatic carbocycles. The Balaban J connectivity index is 1.92. The van der Waals surface area contributed by atoms with Gasteiger partial charge < -0.3 is 9.84 Å². The number of ether oxygens (including phenoxy) is 1. The third kappa shape index (κ3) is 4.83. The number of benzene rings is 2. The van der Waals surface area contributed by atoms with E-state index in [1.807, 2.05) is 0 Å². The molecule has 30 heavy (non-hydrogen) atoms. The van der Waals surface area contributed by atoms with E-state index in [0.29, 0.717) is 30.1 Å². The molecule has 0 spiro atoms. The lowest BCUT2D eigenvalue weighted by Crippen LogP contribution is -2.20. The topological polar surface area (TPSA) is 96.7 Å². The van der Waals surface area contributed by atoms with Crippen LogP contribution >= 0.6 is 0 Å². The van der Waals surface area contributed by atoms with Crippen LogP contribution in [0.5, 0.6) is 5.75 Å². The van der Waals surface area contributed by atoms with Gasteiger partial charge in [0, 0.05) is 12.3 Å². The first kappa shape index (κ1) is 21.0. The van der Waals surface area contributed by atoms with Crippen molar-refractivity contribution in [1.82, 2.24) is 9.78 Å². The number of aromatic hydroxyl groups is 1. The number of aliphatic imine (C=N–C) groups is 1. The molecule has 0 unspecified atom stereocenters. The SMILES string of the molecule is COC(=O)Cc1[nH]n(-c2ccc(F)cc2)c(=O)c1C(C)=NCCc1ccc(O)cc1. The number of phenolic OH excluding ortho intramolecular Hbond substituents is 1. The van der Waals surface area contributed by atoms with Gasteiger partial charge in [0.1, 0.15) is 11.6 Å². The second-order valence-corrected chi connectivity index (χ2v) is 6.72. The number of aromatic amines is 1. The molecule has 1 heterocycles. The number of esters is 1. The van der Waals surface area contributed by atoms with Gasteiger partial charge in [0.2, 0.25) is 0 Å². The number of nitrogens with one attached hydrogen (secondary N) is 1. The zero-order chi connectivity index (χ0) is 21.7. The van der Waals surface area contributed by atoms with Gasteiger partial charge in [-0.3, -0.25) is 19.7 Å². The monoisotopic (exact) mass is 411 g/mol. The highest BCUT2D eigenvalue weighted by molar-refractivity contribution is 6.00. The fraction of sp³-hybridized carbons (Fsp3) is 0.227. The molecule has 0 amide bonds. The van der Waals surface area contributed by atoms with Crippen LogP contribution in [0, 0.1) is 5.82 Å². The lowest BCUT2D eigenvalue weighted by atomic mass is 10.1. The number of hydrogen-bond donors (Lipinski definition) is 2. The van der Waals surface area contributed by atoms with Crippen molar-refractivity contribution < 1.29 is 19.0 Å². The number of aromatic nitrogens is 2. The molecule has 0 atom stereocenters. The Labute approximate surface area is 172 Å². The molecule has 0 fully saturated rings. The van der Waals surface area contributed by atoms with E-state index < -0.39 is 11.8 Å². The smallest absolute Gasteiger partial charge is 0.311 e. The van der Waals surface area contributed by atoms with Crippen LogP contribution in [0.25, 0.3) is 5.69 Å². The number of methoxy groups -OCH3 is 1. The first-order chi connectivity index (χ1) is 14.4. The van der Waals surface area contributed by atoms with Crippen molar-refractivity contribution in [1.29, 1.82) is 0 Å². The van der Waals surface area contributed by atoms with Gasteiger partial charge in [-0.2, -0.15) is 0 Å². The standard InChI is InChI=1S/C22H22FN3O4/c1-14(24-12-11-15-3-9-18(27)10-4-15)21-19(13-20(28)30-2)25-26(22(21)29)17-7-5-16(23)6-8-17/h3-10,25,27H,11-13H2,1-2H3. The highest BCUT2D eigenvalue weighted by Gasteiger charge is 2.20. The largest absolute Gasteiger partial charge is 0.508 e. The summed E-state index contributed by atoms with van der Waals surface area (Å²) in [5.41, 5.74) is 2.20. The van der Waals surface area contributed by atoms with E-state index in [1.54, 1.807) is 31.2 Å². The van der Waals surface area contributed by atoms with Crippen LogP contribution in [0.4, 0.5) is 4.39 Å². The number of halogens is 1. The maximum atomic E-state index is 13.2. The third-order valence-electron chi connectivity index (χ3n) is 4.65. The van der Waals surface area contributed by atoms with Gasteiger partial charge in [-0.25, -0.2) is 9.07 Å². The summed E-state index contributed by atoms with van der Waals surface area (Å²) in [5, 5.41) is 12.3. The van der Waals surface area contributed by atoms with E-state index in [9.17, 15) is 19.1 Å². The van der Waals surface area contributed by atoms with Crippen molar-refractivity contribution in [2.45, 2.75) is 19.8 Å². The maximum Gasteiger partial charge on any atom is 0.311 e. The third-order valence-corrected chi connectivity index (χ3v) is 4.65. The second kappa shape index (κ2) is 9.21. The average molecular weight is 411 g/mol. The summed E-state index contributed by atoms with van der Waals surface area (Å²) < 4.78 is 19.2. The van der Waals surface area contributed by atoms with Crippen molar-refractivity contribution in [2.75, 3.05) is 13.7 Å². The molecular weight excluding hydrogens is 389 g/mol. The molecule has 3 rings (SSSR count). The minimum atomic E-state index is -0.499. The highest BCUT2D eigenvalue weighted by Crippen LogP contribution is 2.13. The number of rotatable bonds is 7. The van der Waals surface area contributed by atoms with Crippen LogP contribution < -0.4 is 5.56 Å². The van der Waals surface area contributed by atoms with E-state index >= 15 is 0 Å². The normalized spacial score (nSPS) is 11.5. The molecular formula is C22H22FN3O4. The molecule has 8 heteroatoms. The molecule has 7 nitrogen and oxygen atoms in total. The second-order valence-electron chi connectivity index (χ2n) is 6.72. The summed E-state index contributed by atoms with van der Waals surface area (Å²) >= 11 is 0. The Morgan fingerprint density at radius 1 is 1.17 bits per heavy atom. The summed E-state index contributed by atoms with van der Waals surface area (Å²) in [5.74, 6) is -0.722. The maximum absolute atomic E-state index is 13.2. The van der Waals surface area contributed by atoms with Crippen LogP contribution in [0.15, 0.2) is 58.3 Å².